The van der Waals surface area contributed by atoms with E-state index in [4.69, 9.17) is 0 Å². The summed E-state index contributed by atoms with van der Waals surface area (Å²) < 4.78 is 1.78. The van der Waals surface area contributed by atoms with E-state index in [2.05, 4.69) is 10.6 Å². The number of rotatable bonds is 6. The highest BCUT2D eigenvalue weighted by Crippen LogP contribution is 2.27. The van der Waals surface area contributed by atoms with Crippen molar-refractivity contribution in [2.45, 2.75) is 20.0 Å². The Labute approximate surface area is 210 Å². The number of fused-ring (bicyclic) bond motifs is 1. The lowest BCUT2D eigenvalue weighted by molar-refractivity contribution is -0.123. The standard InChI is InChI=1S/C27H22N4O4S/c1-17-6-4-7-19(12-17)31-26(34)22(25(33)29-27(31)35)13-18-15-30(23-10-3-2-9-21(18)23)16-24(32)28-14-20-8-5-11-36-20/h2-13,15H,14,16H2,1H3,(H,28,32)(H,29,33,35)/b22-13+. The smallest absolute Gasteiger partial charge is 0.335 e. The van der Waals surface area contributed by atoms with Crippen LogP contribution in [-0.4, -0.2) is 28.3 Å². The minimum absolute atomic E-state index is 0.0725. The van der Waals surface area contributed by atoms with E-state index in [1.54, 1.807) is 40.3 Å². The Balaban J connectivity index is 1.46. The van der Waals surface area contributed by atoms with Gasteiger partial charge in [-0.1, -0.05) is 36.4 Å². The topological polar surface area (TPSA) is 101 Å². The first-order valence-corrected chi connectivity index (χ1v) is 12.1. The Kier molecular flexibility index (Phi) is 6.22. The number of benzene rings is 2. The third-order valence-electron chi connectivity index (χ3n) is 5.83. The molecule has 1 fully saturated rings. The Bertz CT molecular complexity index is 1530. The summed E-state index contributed by atoms with van der Waals surface area (Å²) in [5, 5.41) is 7.89. The molecule has 2 N–H and O–H groups in total. The van der Waals surface area contributed by atoms with Gasteiger partial charge in [0, 0.05) is 27.5 Å². The van der Waals surface area contributed by atoms with E-state index in [0.29, 0.717) is 17.8 Å². The summed E-state index contributed by atoms with van der Waals surface area (Å²) in [4.78, 5) is 53.1. The van der Waals surface area contributed by atoms with Crippen molar-refractivity contribution in [1.29, 1.82) is 0 Å². The van der Waals surface area contributed by atoms with E-state index in [0.717, 1.165) is 26.2 Å². The van der Waals surface area contributed by atoms with Crippen LogP contribution in [0.3, 0.4) is 0 Å². The number of urea groups is 1. The van der Waals surface area contributed by atoms with E-state index >= 15 is 0 Å². The highest BCUT2D eigenvalue weighted by molar-refractivity contribution is 7.09. The molecule has 1 aliphatic rings. The molecule has 0 atom stereocenters. The van der Waals surface area contributed by atoms with E-state index in [1.807, 2.05) is 54.8 Å². The molecule has 5 rings (SSSR count). The highest BCUT2D eigenvalue weighted by Gasteiger charge is 2.37. The van der Waals surface area contributed by atoms with Gasteiger partial charge in [-0.15, -0.1) is 11.3 Å². The zero-order valence-electron chi connectivity index (χ0n) is 19.4. The molecule has 2 aromatic heterocycles. The zero-order valence-corrected chi connectivity index (χ0v) is 20.2. The van der Waals surface area contributed by atoms with Crippen molar-refractivity contribution in [3.05, 3.63) is 93.8 Å². The first-order valence-electron chi connectivity index (χ1n) is 11.3. The van der Waals surface area contributed by atoms with Gasteiger partial charge in [-0.2, -0.15) is 0 Å². The molecule has 0 saturated carbocycles. The maximum atomic E-state index is 13.3. The molecule has 9 heteroatoms. The molecular formula is C27H22N4O4S. The Morgan fingerprint density at radius 1 is 1.06 bits per heavy atom. The van der Waals surface area contributed by atoms with Gasteiger partial charge in [0.05, 0.1) is 12.2 Å². The fourth-order valence-corrected chi connectivity index (χ4v) is 4.79. The number of carbonyl (C=O) groups excluding carboxylic acids is 4. The van der Waals surface area contributed by atoms with Gasteiger partial charge in [0.15, 0.2) is 0 Å². The average molecular weight is 499 g/mol. The second kappa shape index (κ2) is 9.63. The van der Waals surface area contributed by atoms with E-state index < -0.39 is 17.8 Å². The van der Waals surface area contributed by atoms with Gasteiger partial charge in [0.2, 0.25) is 5.91 Å². The third-order valence-corrected chi connectivity index (χ3v) is 6.71. The lowest BCUT2D eigenvalue weighted by atomic mass is 10.1. The summed E-state index contributed by atoms with van der Waals surface area (Å²) in [7, 11) is 0. The minimum atomic E-state index is -0.794. The molecule has 0 bridgehead atoms. The number of aryl methyl sites for hydroxylation is 1. The van der Waals surface area contributed by atoms with Crippen molar-refractivity contribution < 1.29 is 19.2 Å². The van der Waals surface area contributed by atoms with Crippen LogP contribution in [0.15, 0.2) is 77.8 Å². The predicted octanol–water partition coefficient (Wildman–Crippen LogP) is 3.99. The second-order valence-electron chi connectivity index (χ2n) is 8.38. The van der Waals surface area contributed by atoms with Crippen LogP contribution < -0.4 is 15.5 Å². The number of nitrogens with one attached hydrogen (secondary N) is 2. The number of carbonyl (C=O) groups is 4. The number of anilines is 1. The number of thiophene rings is 1. The van der Waals surface area contributed by atoms with Crippen LogP contribution in [0.1, 0.15) is 16.0 Å². The molecule has 1 saturated heterocycles. The number of imide groups is 2. The lowest BCUT2D eigenvalue weighted by Gasteiger charge is -2.26. The first kappa shape index (κ1) is 23.3. The largest absolute Gasteiger partial charge is 0.350 e. The molecule has 0 spiro atoms. The van der Waals surface area contributed by atoms with Crippen LogP contribution in [0.2, 0.25) is 0 Å². The monoisotopic (exact) mass is 498 g/mol. The summed E-state index contributed by atoms with van der Waals surface area (Å²) in [6, 6.07) is 17.4. The molecule has 5 amide bonds. The quantitative estimate of drug-likeness (QED) is 0.310. The molecule has 1 aliphatic heterocycles. The van der Waals surface area contributed by atoms with Crippen molar-refractivity contribution in [1.82, 2.24) is 15.2 Å². The maximum Gasteiger partial charge on any atom is 0.335 e. The second-order valence-corrected chi connectivity index (χ2v) is 9.41. The van der Waals surface area contributed by atoms with Crippen LogP contribution in [0, 0.1) is 6.92 Å². The number of amides is 5. The number of hydrogen-bond donors (Lipinski definition) is 2. The van der Waals surface area contributed by atoms with Crippen molar-refractivity contribution in [3.63, 3.8) is 0 Å². The summed E-state index contributed by atoms with van der Waals surface area (Å²) in [6.45, 7) is 2.37. The van der Waals surface area contributed by atoms with E-state index in [9.17, 15) is 19.2 Å². The molecule has 4 aromatic rings. The molecule has 0 radical (unpaired) electrons. The van der Waals surface area contributed by atoms with Crippen molar-refractivity contribution in [2.24, 2.45) is 0 Å². The lowest BCUT2D eigenvalue weighted by Crippen LogP contribution is -2.54. The number of para-hydroxylation sites is 1. The number of hydrogen-bond acceptors (Lipinski definition) is 5. The van der Waals surface area contributed by atoms with Crippen molar-refractivity contribution in [3.8, 4) is 0 Å². The van der Waals surface area contributed by atoms with Gasteiger partial charge in [0.1, 0.15) is 12.1 Å². The molecule has 36 heavy (non-hydrogen) atoms. The minimum Gasteiger partial charge on any atom is -0.350 e. The van der Waals surface area contributed by atoms with Crippen LogP contribution in [0.5, 0.6) is 0 Å². The normalized spacial score (nSPS) is 15.0. The molecule has 180 valence electrons. The highest BCUT2D eigenvalue weighted by atomic mass is 32.1. The van der Waals surface area contributed by atoms with Gasteiger partial charge >= 0.3 is 6.03 Å². The molecule has 0 aliphatic carbocycles. The van der Waals surface area contributed by atoms with Gasteiger partial charge in [-0.3, -0.25) is 19.7 Å². The summed E-state index contributed by atoms with van der Waals surface area (Å²) >= 11 is 1.57. The van der Waals surface area contributed by atoms with E-state index in [1.165, 1.54) is 6.08 Å². The molecule has 8 nitrogen and oxygen atoms in total. The third kappa shape index (κ3) is 4.56. The van der Waals surface area contributed by atoms with Gasteiger partial charge in [-0.25, -0.2) is 9.69 Å². The Morgan fingerprint density at radius 2 is 1.89 bits per heavy atom. The average Bonchev–Trinajstić information content (AvgIpc) is 3.49. The summed E-state index contributed by atoms with van der Waals surface area (Å²) in [5.41, 5.74) is 2.46. The zero-order chi connectivity index (χ0) is 25.2. The van der Waals surface area contributed by atoms with Gasteiger partial charge in [0.25, 0.3) is 11.8 Å². The van der Waals surface area contributed by atoms with Crippen molar-refractivity contribution in [2.75, 3.05) is 4.90 Å². The van der Waals surface area contributed by atoms with E-state index in [-0.39, 0.29) is 18.0 Å². The summed E-state index contributed by atoms with van der Waals surface area (Å²) in [6.07, 6.45) is 3.20. The van der Waals surface area contributed by atoms with Gasteiger partial charge in [-0.05, 0) is 48.2 Å². The van der Waals surface area contributed by atoms with Gasteiger partial charge < -0.3 is 9.88 Å². The maximum absolute atomic E-state index is 13.3. The van der Waals surface area contributed by atoms with Crippen LogP contribution in [0.25, 0.3) is 17.0 Å². The molecule has 0 unspecified atom stereocenters. The van der Waals surface area contributed by atoms with Crippen molar-refractivity contribution >= 4 is 57.8 Å². The van der Waals surface area contributed by atoms with Crippen LogP contribution in [-0.2, 0) is 27.5 Å². The fourth-order valence-electron chi connectivity index (χ4n) is 4.15. The molecular weight excluding hydrogens is 476 g/mol. The number of barbiturate groups is 1. The fraction of sp³-hybridized carbons (Fsp3) is 0.111. The predicted molar refractivity (Wildman–Crippen MR) is 138 cm³/mol. The first-order chi connectivity index (χ1) is 17.4. The number of nitrogens with zero attached hydrogens (tertiary/aromatic N) is 2. The SMILES string of the molecule is Cc1cccc(N2C(=O)NC(=O)/C(=C\c3cn(CC(=O)NCc4cccs4)c4ccccc34)C2=O)c1. The van der Waals surface area contributed by atoms with Crippen LogP contribution in [0.4, 0.5) is 10.5 Å². The Hall–Kier alpha value is -4.50. The van der Waals surface area contributed by atoms with Crippen LogP contribution >= 0.6 is 11.3 Å². The number of aromatic nitrogens is 1. The summed E-state index contributed by atoms with van der Waals surface area (Å²) in [5.74, 6) is -1.63. The Morgan fingerprint density at radius 3 is 2.67 bits per heavy atom. The molecule has 2 aromatic carbocycles. The molecule has 3 heterocycles.